The van der Waals surface area contributed by atoms with Crippen LogP contribution in [0.2, 0.25) is 0 Å². The summed E-state index contributed by atoms with van der Waals surface area (Å²) >= 11 is 0. The molecule has 3 rings (SSSR count). The summed E-state index contributed by atoms with van der Waals surface area (Å²) in [5, 5.41) is 20.2. The molecule has 2 aliphatic rings. The molecule has 2 fully saturated rings. The molecule has 1 amide bonds. The molecule has 1 unspecified atom stereocenters. The third-order valence-electron chi connectivity index (χ3n) is 4.44. The number of rotatable bonds is 3. The highest BCUT2D eigenvalue weighted by atomic mass is 16.6. The molecule has 8 nitrogen and oxygen atoms in total. The Kier molecular flexibility index (Phi) is 4.62. The molecule has 126 valence electrons. The van der Waals surface area contributed by atoms with Crippen molar-refractivity contribution in [2.24, 2.45) is 0 Å². The highest BCUT2D eigenvalue weighted by Gasteiger charge is 2.31. The molecule has 0 radical (unpaired) electrons. The van der Waals surface area contributed by atoms with Gasteiger partial charge in [0.15, 0.2) is 0 Å². The number of nitro groups is 1. The highest BCUT2D eigenvalue weighted by molar-refractivity contribution is 5.81. The molecule has 8 heteroatoms. The van der Waals surface area contributed by atoms with Gasteiger partial charge in [-0.15, -0.1) is 0 Å². The van der Waals surface area contributed by atoms with Gasteiger partial charge in [-0.25, -0.2) is 0 Å². The monoisotopic (exact) mass is 330 g/mol. The van der Waals surface area contributed by atoms with E-state index in [4.69, 9.17) is 10.00 Å². The maximum atomic E-state index is 12.3. The Labute approximate surface area is 139 Å². The van der Waals surface area contributed by atoms with E-state index in [9.17, 15) is 14.9 Å². The van der Waals surface area contributed by atoms with Crippen LogP contribution in [0.4, 0.5) is 11.4 Å². The van der Waals surface area contributed by atoms with Crippen LogP contribution < -0.4 is 4.90 Å². The van der Waals surface area contributed by atoms with Crippen LogP contribution in [-0.2, 0) is 9.53 Å². The molecule has 1 atom stereocenters. The van der Waals surface area contributed by atoms with Crippen LogP contribution in [0.25, 0.3) is 0 Å². The lowest BCUT2D eigenvalue weighted by Crippen LogP contribution is -2.51. The summed E-state index contributed by atoms with van der Waals surface area (Å²) in [6, 6.07) is 6.39. The summed E-state index contributed by atoms with van der Waals surface area (Å²) in [5.41, 5.74) is 0.675. The van der Waals surface area contributed by atoms with E-state index in [1.165, 1.54) is 6.07 Å². The number of piperazine rings is 1. The van der Waals surface area contributed by atoms with Crippen molar-refractivity contribution < 1.29 is 14.5 Å². The van der Waals surface area contributed by atoms with E-state index >= 15 is 0 Å². The van der Waals surface area contributed by atoms with Crippen LogP contribution in [0.1, 0.15) is 18.4 Å². The molecule has 0 bridgehead atoms. The second-order valence-corrected chi connectivity index (χ2v) is 5.89. The minimum Gasteiger partial charge on any atom is -0.368 e. The molecule has 2 saturated heterocycles. The number of hydrogen-bond donors (Lipinski definition) is 0. The SMILES string of the molecule is N#Cc1ccc(N2CCN(C(=O)C3CCCO3)CC2)c([N+](=O)[O-])c1. The van der Waals surface area contributed by atoms with Gasteiger partial charge in [-0.2, -0.15) is 5.26 Å². The molecule has 2 heterocycles. The van der Waals surface area contributed by atoms with Crippen molar-refractivity contribution in [2.75, 3.05) is 37.7 Å². The van der Waals surface area contributed by atoms with Gasteiger partial charge < -0.3 is 14.5 Å². The number of nitrogens with zero attached hydrogens (tertiary/aromatic N) is 4. The van der Waals surface area contributed by atoms with Crippen molar-refractivity contribution in [1.29, 1.82) is 5.26 Å². The minimum absolute atomic E-state index is 0.0153. The molecule has 1 aromatic carbocycles. The maximum Gasteiger partial charge on any atom is 0.293 e. The number of ether oxygens (including phenoxy) is 1. The van der Waals surface area contributed by atoms with Crippen LogP contribution >= 0.6 is 0 Å². The highest BCUT2D eigenvalue weighted by Crippen LogP contribution is 2.30. The molecule has 0 aliphatic carbocycles. The van der Waals surface area contributed by atoms with E-state index in [1.54, 1.807) is 17.0 Å². The Hall–Kier alpha value is -2.66. The number of hydrogen-bond acceptors (Lipinski definition) is 6. The van der Waals surface area contributed by atoms with Gasteiger partial charge in [-0.3, -0.25) is 14.9 Å². The van der Waals surface area contributed by atoms with E-state index in [2.05, 4.69) is 0 Å². The van der Waals surface area contributed by atoms with Crippen LogP contribution in [0.15, 0.2) is 18.2 Å². The van der Waals surface area contributed by atoms with Crippen LogP contribution in [0, 0.1) is 21.4 Å². The average Bonchev–Trinajstić information content (AvgIpc) is 3.15. The van der Waals surface area contributed by atoms with Crippen molar-refractivity contribution in [3.8, 4) is 6.07 Å². The normalized spacial score (nSPS) is 20.7. The number of anilines is 1. The Bertz CT molecular complexity index is 686. The summed E-state index contributed by atoms with van der Waals surface area (Å²) in [4.78, 5) is 26.8. The first kappa shape index (κ1) is 16.2. The molecular formula is C16H18N4O4. The molecule has 2 aliphatic heterocycles. The van der Waals surface area contributed by atoms with Crippen molar-refractivity contribution >= 4 is 17.3 Å². The van der Waals surface area contributed by atoms with Gasteiger partial charge in [0.2, 0.25) is 0 Å². The molecular weight excluding hydrogens is 312 g/mol. The van der Waals surface area contributed by atoms with Gasteiger partial charge in [0.1, 0.15) is 11.8 Å². The topological polar surface area (TPSA) is 99.7 Å². The van der Waals surface area contributed by atoms with Gasteiger partial charge in [-0.1, -0.05) is 0 Å². The molecule has 0 aromatic heterocycles. The summed E-state index contributed by atoms with van der Waals surface area (Å²) in [5.74, 6) is 0.0153. The van der Waals surface area contributed by atoms with Crippen LogP contribution in [0.3, 0.4) is 0 Å². The Morgan fingerprint density at radius 3 is 2.67 bits per heavy atom. The van der Waals surface area contributed by atoms with Crippen LogP contribution in [-0.4, -0.2) is 54.6 Å². The second kappa shape index (κ2) is 6.84. The smallest absolute Gasteiger partial charge is 0.293 e. The number of amides is 1. The first-order valence-electron chi connectivity index (χ1n) is 7.94. The zero-order valence-corrected chi connectivity index (χ0v) is 13.2. The van der Waals surface area contributed by atoms with E-state index in [-0.39, 0.29) is 23.3 Å². The molecule has 0 saturated carbocycles. The van der Waals surface area contributed by atoms with Crippen molar-refractivity contribution in [3.63, 3.8) is 0 Å². The van der Waals surface area contributed by atoms with Gasteiger partial charge in [0.05, 0.1) is 16.6 Å². The van der Waals surface area contributed by atoms with Gasteiger partial charge in [0.25, 0.3) is 11.6 Å². The maximum absolute atomic E-state index is 12.3. The largest absolute Gasteiger partial charge is 0.368 e. The number of carbonyl (C=O) groups excluding carboxylic acids is 1. The Morgan fingerprint density at radius 2 is 2.08 bits per heavy atom. The van der Waals surface area contributed by atoms with Gasteiger partial charge >= 0.3 is 0 Å². The fourth-order valence-electron chi connectivity index (χ4n) is 3.15. The lowest BCUT2D eigenvalue weighted by Gasteiger charge is -2.36. The molecule has 0 spiro atoms. The second-order valence-electron chi connectivity index (χ2n) is 5.89. The fraction of sp³-hybridized carbons (Fsp3) is 0.500. The van der Waals surface area contributed by atoms with E-state index in [0.717, 1.165) is 12.8 Å². The lowest BCUT2D eigenvalue weighted by atomic mass is 10.1. The summed E-state index contributed by atoms with van der Waals surface area (Å²) in [7, 11) is 0. The third-order valence-corrected chi connectivity index (χ3v) is 4.44. The molecule has 1 aromatic rings. The predicted molar refractivity (Wildman–Crippen MR) is 85.6 cm³/mol. The Balaban J connectivity index is 1.69. The standard InChI is InChI=1S/C16H18N4O4/c17-11-12-3-4-13(14(10-12)20(22)23)18-5-7-19(8-6-18)16(21)15-2-1-9-24-15/h3-4,10,15H,1-2,5-9H2. The summed E-state index contributed by atoms with van der Waals surface area (Å²) in [6.07, 6.45) is 1.34. The predicted octanol–water partition coefficient (Wildman–Crippen LogP) is 1.29. The Morgan fingerprint density at radius 1 is 1.33 bits per heavy atom. The summed E-state index contributed by atoms with van der Waals surface area (Å²) in [6.45, 7) is 2.69. The zero-order valence-electron chi connectivity index (χ0n) is 13.2. The quantitative estimate of drug-likeness (QED) is 0.611. The number of benzene rings is 1. The van der Waals surface area contributed by atoms with Gasteiger partial charge in [-0.05, 0) is 25.0 Å². The van der Waals surface area contributed by atoms with E-state index < -0.39 is 4.92 Å². The lowest BCUT2D eigenvalue weighted by molar-refractivity contribution is -0.384. The first-order valence-corrected chi connectivity index (χ1v) is 7.94. The van der Waals surface area contributed by atoms with Crippen molar-refractivity contribution in [2.45, 2.75) is 18.9 Å². The summed E-state index contributed by atoms with van der Waals surface area (Å²) < 4.78 is 5.43. The van der Waals surface area contributed by atoms with E-state index in [1.807, 2.05) is 11.0 Å². The van der Waals surface area contributed by atoms with E-state index in [0.29, 0.717) is 38.5 Å². The van der Waals surface area contributed by atoms with Gasteiger partial charge in [0, 0.05) is 38.9 Å². The molecule has 0 N–H and O–H groups in total. The van der Waals surface area contributed by atoms with Crippen LogP contribution in [0.5, 0.6) is 0 Å². The first-order chi connectivity index (χ1) is 11.6. The van der Waals surface area contributed by atoms with Crippen molar-refractivity contribution in [1.82, 2.24) is 4.90 Å². The average molecular weight is 330 g/mol. The minimum atomic E-state index is -0.472. The molecule has 24 heavy (non-hydrogen) atoms. The zero-order chi connectivity index (χ0) is 17.1. The van der Waals surface area contributed by atoms with Crippen molar-refractivity contribution in [3.05, 3.63) is 33.9 Å². The number of nitro benzene ring substituents is 1. The third kappa shape index (κ3) is 3.16. The number of carbonyl (C=O) groups is 1. The number of nitriles is 1. The fourth-order valence-corrected chi connectivity index (χ4v) is 3.15.